The number of amides is 2. The van der Waals surface area contributed by atoms with Gasteiger partial charge in [-0.2, -0.15) is 0 Å². The molecule has 0 bridgehead atoms. The third-order valence-corrected chi connectivity index (χ3v) is 6.07. The molecule has 0 spiro atoms. The largest absolute Gasteiger partial charge is 0.478 e. The SMILES string of the molecule is CC(=C[C@H](C(C)C)N(C)C(=O)[C@@H](NC(=O)C1C[C@@H](C)CCN1C)C(C)(C)C)C(=O)O. The summed E-state index contributed by atoms with van der Waals surface area (Å²) in [5.74, 6) is -0.844. The van der Waals surface area contributed by atoms with E-state index >= 15 is 0 Å². The number of nitrogens with zero attached hydrogens (tertiary/aromatic N) is 2. The van der Waals surface area contributed by atoms with E-state index in [1.165, 1.54) is 6.92 Å². The number of piperidine rings is 1. The van der Waals surface area contributed by atoms with Crippen LogP contribution in [0.3, 0.4) is 0 Å². The molecule has 0 aromatic heterocycles. The highest BCUT2D eigenvalue weighted by atomic mass is 16.4. The minimum absolute atomic E-state index is 0.0231. The van der Waals surface area contributed by atoms with Crippen molar-refractivity contribution in [2.45, 2.75) is 79.4 Å². The lowest BCUT2D eigenvalue weighted by molar-refractivity contribution is -0.141. The van der Waals surface area contributed by atoms with Crippen molar-refractivity contribution < 1.29 is 19.5 Å². The van der Waals surface area contributed by atoms with Gasteiger partial charge in [0.1, 0.15) is 6.04 Å². The van der Waals surface area contributed by atoms with Crippen molar-refractivity contribution in [1.29, 1.82) is 0 Å². The summed E-state index contributed by atoms with van der Waals surface area (Å²) in [6.45, 7) is 14.2. The van der Waals surface area contributed by atoms with Gasteiger partial charge in [0.05, 0.1) is 12.1 Å². The van der Waals surface area contributed by atoms with Crippen molar-refractivity contribution in [3.8, 4) is 0 Å². The molecule has 1 heterocycles. The Bertz CT molecular complexity index is 666. The lowest BCUT2D eigenvalue weighted by Gasteiger charge is -2.40. The Morgan fingerprint density at radius 3 is 2.27 bits per heavy atom. The molecule has 2 amide bonds. The molecule has 1 saturated heterocycles. The van der Waals surface area contributed by atoms with Crippen molar-refractivity contribution in [3.05, 3.63) is 11.6 Å². The Labute approximate surface area is 181 Å². The van der Waals surface area contributed by atoms with Gasteiger partial charge in [-0.3, -0.25) is 14.5 Å². The molecular formula is C23H41N3O4. The molecule has 1 fully saturated rings. The first-order chi connectivity index (χ1) is 13.7. The highest BCUT2D eigenvalue weighted by molar-refractivity contribution is 5.91. The third-order valence-electron chi connectivity index (χ3n) is 6.07. The van der Waals surface area contributed by atoms with Gasteiger partial charge in [0, 0.05) is 12.6 Å². The van der Waals surface area contributed by atoms with Crippen LogP contribution in [-0.2, 0) is 14.4 Å². The number of hydrogen-bond donors (Lipinski definition) is 2. The molecule has 0 radical (unpaired) electrons. The molecule has 7 nitrogen and oxygen atoms in total. The molecule has 4 atom stereocenters. The van der Waals surface area contributed by atoms with Crippen LogP contribution in [0.1, 0.15) is 61.3 Å². The highest BCUT2D eigenvalue weighted by Crippen LogP contribution is 2.26. The van der Waals surface area contributed by atoms with Crippen molar-refractivity contribution >= 4 is 17.8 Å². The number of carboxylic acids is 1. The fraction of sp³-hybridized carbons (Fsp3) is 0.783. The van der Waals surface area contributed by atoms with E-state index in [1.54, 1.807) is 18.0 Å². The van der Waals surface area contributed by atoms with Crippen LogP contribution in [0.5, 0.6) is 0 Å². The lowest BCUT2D eigenvalue weighted by Crippen LogP contribution is -2.60. The topological polar surface area (TPSA) is 90.0 Å². The van der Waals surface area contributed by atoms with Crippen LogP contribution in [-0.4, -0.2) is 71.5 Å². The van der Waals surface area contributed by atoms with Gasteiger partial charge in [0.25, 0.3) is 0 Å². The normalized spacial score (nSPS) is 23.1. The second-order valence-corrected chi connectivity index (χ2v) is 10.3. The van der Waals surface area contributed by atoms with E-state index in [0.717, 1.165) is 19.4 Å². The standard InChI is InChI=1S/C23H41N3O4/c1-14(2)17(13-16(4)22(29)30)26(9)21(28)19(23(5,6)7)24-20(27)18-12-15(3)10-11-25(18)8/h13-15,17-19H,10-12H2,1-9H3,(H,24,27)(H,29,30)/t15-,17+,18?,19+/m0/s1. The Morgan fingerprint density at radius 2 is 1.80 bits per heavy atom. The predicted molar refractivity (Wildman–Crippen MR) is 119 cm³/mol. The zero-order valence-electron chi connectivity index (χ0n) is 20.2. The quantitative estimate of drug-likeness (QED) is 0.615. The van der Waals surface area contributed by atoms with Crippen LogP contribution in [0.4, 0.5) is 0 Å². The summed E-state index contributed by atoms with van der Waals surface area (Å²) in [7, 11) is 3.63. The monoisotopic (exact) mass is 423 g/mol. The maximum Gasteiger partial charge on any atom is 0.331 e. The van der Waals surface area contributed by atoms with Crippen LogP contribution >= 0.6 is 0 Å². The number of carbonyl (C=O) groups is 3. The van der Waals surface area contributed by atoms with E-state index in [-0.39, 0.29) is 35.4 Å². The minimum atomic E-state index is -1.00. The van der Waals surface area contributed by atoms with Gasteiger partial charge in [0.15, 0.2) is 0 Å². The van der Waals surface area contributed by atoms with Gasteiger partial charge >= 0.3 is 5.97 Å². The van der Waals surface area contributed by atoms with Gasteiger partial charge in [0.2, 0.25) is 11.8 Å². The van der Waals surface area contributed by atoms with Crippen molar-refractivity contribution in [3.63, 3.8) is 0 Å². The summed E-state index contributed by atoms with van der Waals surface area (Å²) in [5, 5.41) is 12.3. The smallest absolute Gasteiger partial charge is 0.331 e. The van der Waals surface area contributed by atoms with E-state index in [9.17, 15) is 19.5 Å². The molecule has 7 heteroatoms. The third kappa shape index (κ3) is 6.83. The fourth-order valence-corrected chi connectivity index (χ4v) is 3.88. The second kappa shape index (κ2) is 10.4. The molecule has 172 valence electrons. The maximum absolute atomic E-state index is 13.5. The number of rotatable bonds is 7. The van der Waals surface area contributed by atoms with E-state index in [1.807, 2.05) is 41.7 Å². The molecule has 1 aliphatic heterocycles. The fourth-order valence-electron chi connectivity index (χ4n) is 3.88. The Balaban J connectivity index is 3.12. The number of carbonyl (C=O) groups excluding carboxylic acids is 2. The average Bonchev–Trinajstić information content (AvgIpc) is 2.63. The summed E-state index contributed by atoms with van der Waals surface area (Å²) in [5.41, 5.74) is -0.296. The van der Waals surface area contributed by atoms with E-state index in [4.69, 9.17) is 0 Å². The molecular weight excluding hydrogens is 382 g/mol. The molecule has 1 rings (SSSR count). The number of hydrogen-bond acceptors (Lipinski definition) is 4. The molecule has 1 aliphatic rings. The number of carboxylic acid groups (broad SMARTS) is 1. The molecule has 0 aromatic rings. The maximum atomic E-state index is 13.5. The van der Waals surface area contributed by atoms with Crippen LogP contribution in [0.2, 0.25) is 0 Å². The lowest BCUT2D eigenvalue weighted by atomic mass is 9.84. The van der Waals surface area contributed by atoms with Crippen LogP contribution in [0.15, 0.2) is 11.6 Å². The van der Waals surface area contributed by atoms with E-state index in [0.29, 0.717) is 5.92 Å². The van der Waals surface area contributed by atoms with Gasteiger partial charge in [-0.15, -0.1) is 0 Å². The summed E-state index contributed by atoms with van der Waals surface area (Å²) < 4.78 is 0. The summed E-state index contributed by atoms with van der Waals surface area (Å²) in [6.07, 6.45) is 3.46. The minimum Gasteiger partial charge on any atom is -0.478 e. The van der Waals surface area contributed by atoms with Crippen molar-refractivity contribution in [1.82, 2.24) is 15.1 Å². The molecule has 1 unspecified atom stereocenters. The van der Waals surface area contributed by atoms with Crippen LogP contribution < -0.4 is 5.32 Å². The average molecular weight is 424 g/mol. The first-order valence-electron chi connectivity index (χ1n) is 10.9. The summed E-state index contributed by atoms with van der Waals surface area (Å²) >= 11 is 0. The Kier molecular flexibility index (Phi) is 9.08. The number of aliphatic carboxylic acids is 1. The van der Waals surface area contributed by atoms with Gasteiger partial charge < -0.3 is 15.3 Å². The van der Waals surface area contributed by atoms with Gasteiger partial charge in [-0.25, -0.2) is 4.79 Å². The van der Waals surface area contributed by atoms with Gasteiger partial charge in [-0.1, -0.05) is 47.6 Å². The molecule has 0 saturated carbocycles. The molecule has 0 aromatic carbocycles. The Hall–Kier alpha value is -1.89. The van der Waals surface area contributed by atoms with Crippen molar-refractivity contribution in [2.75, 3.05) is 20.6 Å². The second-order valence-electron chi connectivity index (χ2n) is 10.3. The van der Waals surface area contributed by atoms with E-state index in [2.05, 4.69) is 17.1 Å². The first-order valence-corrected chi connectivity index (χ1v) is 10.9. The zero-order chi connectivity index (χ0) is 23.4. The number of likely N-dealkylation sites (N-methyl/N-ethyl adjacent to an activating group) is 2. The Morgan fingerprint density at radius 1 is 1.23 bits per heavy atom. The van der Waals surface area contributed by atoms with Crippen molar-refractivity contribution in [2.24, 2.45) is 17.3 Å². The predicted octanol–water partition coefficient (Wildman–Crippen LogP) is 2.76. The summed E-state index contributed by atoms with van der Waals surface area (Å²) in [6, 6.07) is -1.33. The van der Waals surface area contributed by atoms with Crippen LogP contribution in [0.25, 0.3) is 0 Å². The first kappa shape index (κ1) is 26.1. The molecule has 30 heavy (non-hydrogen) atoms. The number of likely N-dealkylation sites (tertiary alicyclic amines) is 1. The van der Waals surface area contributed by atoms with E-state index < -0.39 is 17.4 Å². The van der Waals surface area contributed by atoms with Crippen LogP contribution in [0, 0.1) is 17.3 Å². The van der Waals surface area contributed by atoms with Gasteiger partial charge in [-0.05, 0) is 50.6 Å². The summed E-state index contributed by atoms with van der Waals surface area (Å²) in [4.78, 5) is 41.5. The molecule has 2 N–H and O–H groups in total. The molecule has 0 aliphatic carbocycles. The zero-order valence-corrected chi connectivity index (χ0v) is 20.2. The number of nitrogens with one attached hydrogen (secondary N) is 1. The highest BCUT2D eigenvalue weighted by Gasteiger charge is 2.39.